The van der Waals surface area contributed by atoms with E-state index in [-0.39, 0.29) is 12.1 Å². The highest BCUT2D eigenvalue weighted by Gasteiger charge is 2.22. The zero-order chi connectivity index (χ0) is 12.3. The van der Waals surface area contributed by atoms with E-state index in [0.717, 1.165) is 24.9 Å². The number of carbonyl (C=O) groups is 1. The maximum atomic E-state index is 11.4. The number of alkyl carbamates (subject to hydrolysis) is 1. The SMILES string of the molecule is CCOC(=O)NC1CCCc2cc(N)ccc21. The zero-order valence-corrected chi connectivity index (χ0v) is 10.0. The van der Waals surface area contributed by atoms with Crippen LogP contribution < -0.4 is 11.1 Å². The summed E-state index contributed by atoms with van der Waals surface area (Å²) < 4.78 is 4.91. The minimum atomic E-state index is -0.345. The summed E-state index contributed by atoms with van der Waals surface area (Å²) in [7, 11) is 0. The van der Waals surface area contributed by atoms with Crippen LogP contribution in [0.5, 0.6) is 0 Å². The molecule has 4 nitrogen and oxygen atoms in total. The minimum Gasteiger partial charge on any atom is -0.450 e. The third-order valence-electron chi connectivity index (χ3n) is 3.05. The highest BCUT2D eigenvalue weighted by atomic mass is 16.5. The number of nitrogens with one attached hydrogen (secondary N) is 1. The number of nitrogen functional groups attached to an aromatic ring is 1. The first-order chi connectivity index (χ1) is 8.20. The van der Waals surface area contributed by atoms with Gasteiger partial charge in [0.1, 0.15) is 0 Å². The van der Waals surface area contributed by atoms with Crippen molar-refractivity contribution in [3.05, 3.63) is 29.3 Å². The number of aryl methyl sites for hydroxylation is 1. The van der Waals surface area contributed by atoms with Crippen LogP contribution in [0, 0.1) is 0 Å². The van der Waals surface area contributed by atoms with E-state index in [9.17, 15) is 4.79 Å². The van der Waals surface area contributed by atoms with E-state index >= 15 is 0 Å². The summed E-state index contributed by atoms with van der Waals surface area (Å²) in [6.07, 6.45) is 2.70. The Morgan fingerprint density at radius 3 is 3.18 bits per heavy atom. The monoisotopic (exact) mass is 234 g/mol. The molecule has 1 atom stereocenters. The Morgan fingerprint density at radius 1 is 1.59 bits per heavy atom. The van der Waals surface area contributed by atoms with Gasteiger partial charge in [-0.05, 0) is 49.4 Å². The predicted octanol–water partition coefficient (Wildman–Crippen LogP) is 2.39. The van der Waals surface area contributed by atoms with Gasteiger partial charge in [0.2, 0.25) is 0 Å². The molecule has 0 fully saturated rings. The molecule has 1 aliphatic carbocycles. The van der Waals surface area contributed by atoms with Gasteiger partial charge in [0.15, 0.2) is 0 Å². The van der Waals surface area contributed by atoms with Crippen LogP contribution in [0.3, 0.4) is 0 Å². The second kappa shape index (κ2) is 5.08. The number of ether oxygens (including phenoxy) is 1. The van der Waals surface area contributed by atoms with Gasteiger partial charge in [0.25, 0.3) is 0 Å². The number of anilines is 1. The molecule has 0 bridgehead atoms. The van der Waals surface area contributed by atoms with Crippen molar-refractivity contribution < 1.29 is 9.53 Å². The van der Waals surface area contributed by atoms with Gasteiger partial charge in [-0.3, -0.25) is 0 Å². The van der Waals surface area contributed by atoms with E-state index in [4.69, 9.17) is 10.5 Å². The predicted molar refractivity (Wildman–Crippen MR) is 66.7 cm³/mol. The summed E-state index contributed by atoms with van der Waals surface area (Å²) in [5, 5.41) is 2.89. The number of amides is 1. The molecule has 3 N–H and O–H groups in total. The van der Waals surface area contributed by atoms with E-state index in [1.807, 2.05) is 18.2 Å². The van der Waals surface area contributed by atoms with Gasteiger partial charge in [0, 0.05) is 5.69 Å². The maximum absolute atomic E-state index is 11.4. The number of hydrogen-bond donors (Lipinski definition) is 2. The van der Waals surface area contributed by atoms with E-state index in [1.54, 1.807) is 6.92 Å². The Balaban J connectivity index is 2.14. The Kier molecular flexibility index (Phi) is 3.52. The van der Waals surface area contributed by atoms with Crippen LogP contribution >= 0.6 is 0 Å². The van der Waals surface area contributed by atoms with Crippen molar-refractivity contribution in [2.75, 3.05) is 12.3 Å². The number of benzene rings is 1. The molecule has 1 unspecified atom stereocenters. The Bertz CT molecular complexity index is 418. The molecule has 1 amide bonds. The lowest BCUT2D eigenvalue weighted by Gasteiger charge is -2.26. The van der Waals surface area contributed by atoms with Gasteiger partial charge >= 0.3 is 6.09 Å². The quantitative estimate of drug-likeness (QED) is 0.772. The van der Waals surface area contributed by atoms with Gasteiger partial charge in [-0.25, -0.2) is 4.79 Å². The molecule has 0 saturated heterocycles. The topological polar surface area (TPSA) is 64.3 Å². The first-order valence-electron chi connectivity index (χ1n) is 6.02. The maximum Gasteiger partial charge on any atom is 0.407 e. The first-order valence-corrected chi connectivity index (χ1v) is 6.02. The summed E-state index contributed by atoms with van der Waals surface area (Å²) in [5.41, 5.74) is 8.94. The van der Waals surface area contributed by atoms with E-state index in [1.165, 1.54) is 11.1 Å². The molecule has 1 aliphatic rings. The standard InChI is InChI=1S/C13H18N2O2/c1-2-17-13(16)15-12-5-3-4-9-8-10(14)6-7-11(9)12/h6-8,12H,2-5,14H2,1H3,(H,15,16). The molecule has 92 valence electrons. The number of nitrogens with two attached hydrogens (primary N) is 1. The molecular weight excluding hydrogens is 216 g/mol. The molecule has 4 heteroatoms. The van der Waals surface area contributed by atoms with Crippen LogP contribution in [-0.2, 0) is 11.2 Å². The Labute approximate surface area is 101 Å². The second-order valence-corrected chi connectivity index (χ2v) is 4.27. The van der Waals surface area contributed by atoms with Crippen molar-refractivity contribution in [1.29, 1.82) is 0 Å². The fourth-order valence-electron chi connectivity index (χ4n) is 2.30. The third-order valence-corrected chi connectivity index (χ3v) is 3.05. The van der Waals surface area contributed by atoms with Crippen molar-refractivity contribution in [3.63, 3.8) is 0 Å². The third kappa shape index (κ3) is 2.70. The van der Waals surface area contributed by atoms with Gasteiger partial charge in [-0.2, -0.15) is 0 Å². The minimum absolute atomic E-state index is 0.0541. The molecule has 2 rings (SSSR count). The van der Waals surface area contributed by atoms with Crippen molar-refractivity contribution in [2.45, 2.75) is 32.2 Å². The van der Waals surface area contributed by atoms with Crippen LogP contribution in [0.2, 0.25) is 0 Å². The van der Waals surface area contributed by atoms with Crippen molar-refractivity contribution in [1.82, 2.24) is 5.32 Å². The summed E-state index contributed by atoms with van der Waals surface area (Å²) in [4.78, 5) is 11.4. The first kappa shape index (κ1) is 11.8. The summed E-state index contributed by atoms with van der Waals surface area (Å²) >= 11 is 0. The lowest BCUT2D eigenvalue weighted by Crippen LogP contribution is -2.31. The fraction of sp³-hybridized carbons (Fsp3) is 0.462. The summed E-state index contributed by atoms with van der Waals surface area (Å²) in [6, 6.07) is 5.93. The van der Waals surface area contributed by atoms with Gasteiger partial charge in [-0.1, -0.05) is 6.07 Å². The lowest BCUT2D eigenvalue weighted by molar-refractivity contribution is 0.147. The molecule has 0 heterocycles. The molecular formula is C13H18N2O2. The van der Waals surface area contributed by atoms with Crippen molar-refractivity contribution in [3.8, 4) is 0 Å². The molecule has 0 spiro atoms. The average molecular weight is 234 g/mol. The highest BCUT2D eigenvalue weighted by molar-refractivity contribution is 5.68. The zero-order valence-electron chi connectivity index (χ0n) is 10.0. The Hall–Kier alpha value is -1.71. The van der Waals surface area contributed by atoms with Gasteiger partial charge in [0.05, 0.1) is 12.6 Å². The number of rotatable bonds is 2. The normalized spacial score (nSPS) is 18.3. The lowest BCUT2D eigenvalue weighted by atomic mass is 9.87. The molecule has 0 aromatic heterocycles. The van der Waals surface area contributed by atoms with E-state index < -0.39 is 0 Å². The molecule has 1 aromatic carbocycles. The molecule has 0 aliphatic heterocycles. The number of carbonyl (C=O) groups excluding carboxylic acids is 1. The number of hydrogen-bond acceptors (Lipinski definition) is 3. The van der Waals surface area contributed by atoms with Crippen molar-refractivity contribution in [2.24, 2.45) is 0 Å². The number of fused-ring (bicyclic) bond motifs is 1. The van der Waals surface area contributed by atoms with Crippen LogP contribution in [0.25, 0.3) is 0 Å². The molecule has 17 heavy (non-hydrogen) atoms. The highest BCUT2D eigenvalue weighted by Crippen LogP contribution is 2.30. The van der Waals surface area contributed by atoms with Crippen LogP contribution in [0.1, 0.15) is 36.9 Å². The largest absolute Gasteiger partial charge is 0.450 e. The van der Waals surface area contributed by atoms with Crippen LogP contribution in [0.15, 0.2) is 18.2 Å². The van der Waals surface area contributed by atoms with Gasteiger partial charge < -0.3 is 15.8 Å². The molecule has 0 radical (unpaired) electrons. The second-order valence-electron chi connectivity index (χ2n) is 4.27. The Morgan fingerprint density at radius 2 is 2.41 bits per heavy atom. The summed E-state index contributed by atoms with van der Waals surface area (Å²) in [5.74, 6) is 0. The van der Waals surface area contributed by atoms with Gasteiger partial charge in [-0.15, -0.1) is 0 Å². The van der Waals surface area contributed by atoms with Crippen LogP contribution in [-0.4, -0.2) is 12.7 Å². The van der Waals surface area contributed by atoms with E-state index in [2.05, 4.69) is 5.32 Å². The summed E-state index contributed by atoms with van der Waals surface area (Å²) in [6.45, 7) is 2.20. The van der Waals surface area contributed by atoms with Crippen molar-refractivity contribution >= 4 is 11.8 Å². The van der Waals surface area contributed by atoms with Crippen LogP contribution in [0.4, 0.5) is 10.5 Å². The molecule has 1 aromatic rings. The fourth-order valence-corrected chi connectivity index (χ4v) is 2.30. The average Bonchev–Trinajstić information content (AvgIpc) is 2.29. The smallest absolute Gasteiger partial charge is 0.407 e. The molecule has 0 saturated carbocycles. The van der Waals surface area contributed by atoms with E-state index in [0.29, 0.717) is 6.61 Å².